The molecule has 0 spiro atoms. The van der Waals surface area contributed by atoms with Crippen molar-refractivity contribution in [3.8, 4) is 0 Å². The van der Waals surface area contributed by atoms with Crippen LogP contribution in [0.4, 0.5) is 8.78 Å². The quantitative estimate of drug-likeness (QED) is 0.786. The lowest BCUT2D eigenvalue weighted by Crippen LogP contribution is -2.38. The number of benzene rings is 1. The second-order valence-electron chi connectivity index (χ2n) is 7.15. The van der Waals surface area contributed by atoms with Gasteiger partial charge in [-0.2, -0.15) is 9.40 Å². The molecule has 10 heteroatoms. The summed E-state index contributed by atoms with van der Waals surface area (Å²) >= 11 is 0. The maximum atomic E-state index is 13.4. The number of sulfonamides is 1. The molecule has 0 atom stereocenters. The van der Waals surface area contributed by atoms with Crippen molar-refractivity contribution in [2.75, 3.05) is 13.1 Å². The lowest BCUT2D eigenvalue weighted by molar-refractivity contribution is 0.308. The molecule has 1 saturated heterocycles. The van der Waals surface area contributed by atoms with Gasteiger partial charge in [0.05, 0.1) is 4.90 Å². The molecule has 7 nitrogen and oxygen atoms in total. The molecule has 1 aliphatic heterocycles. The summed E-state index contributed by atoms with van der Waals surface area (Å²) in [6, 6.07) is 2.49. The fourth-order valence-electron chi connectivity index (χ4n) is 3.63. The Hall–Kier alpha value is -2.07. The molecule has 27 heavy (non-hydrogen) atoms. The van der Waals surface area contributed by atoms with Gasteiger partial charge in [-0.3, -0.25) is 4.57 Å². The minimum Gasteiger partial charge on any atom is -0.276 e. The first-order valence-electron chi connectivity index (χ1n) is 8.89. The van der Waals surface area contributed by atoms with E-state index >= 15 is 0 Å². The van der Waals surface area contributed by atoms with Crippen LogP contribution in [0.1, 0.15) is 43.5 Å². The first kappa shape index (κ1) is 18.3. The van der Waals surface area contributed by atoms with Crippen molar-refractivity contribution in [2.45, 2.75) is 42.5 Å². The summed E-state index contributed by atoms with van der Waals surface area (Å²) in [5.41, 5.74) is -0.141. The fraction of sp³-hybridized carbons (Fsp3) is 0.529. The molecule has 0 N–H and O–H groups in total. The molecule has 0 amide bonds. The van der Waals surface area contributed by atoms with E-state index in [1.807, 2.05) is 0 Å². The van der Waals surface area contributed by atoms with Gasteiger partial charge in [-0.25, -0.2) is 26.7 Å². The first-order chi connectivity index (χ1) is 12.8. The van der Waals surface area contributed by atoms with Gasteiger partial charge in [-0.05, 0) is 37.8 Å². The van der Waals surface area contributed by atoms with Gasteiger partial charge in [0, 0.05) is 38.2 Å². The van der Waals surface area contributed by atoms with E-state index in [9.17, 15) is 22.0 Å². The predicted molar refractivity (Wildman–Crippen MR) is 92.8 cm³/mol. The van der Waals surface area contributed by atoms with E-state index in [2.05, 4.69) is 5.10 Å². The lowest BCUT2D eigenvalue weighted by Gasteiger charge is -2.30. The van der Waals surface area contributed by atoms with Crippen LogP contribution in [0, 0.1) is 11.6 Å². The number of hydrogen-bond acceptors (Lipinski definition) is 4. The molecule has 2 heterocycles. The molecule has 4 rings (SSSR count). The van der Waals surface area contributed by atoms with Crippen LogP contribution in [0.2, 0.25) is 0 Å². The summed E-state index contributed by atoms with van der Waals surface area (Å²) in [5.74, 6) is -1.16. The Morgan fingerprint density at radius 1 is 1.04 bits per heavy atom. The van der Waals surface area contributed by atoms with Gasteiger partial charge < -0.3 is 0 Å². The lowest BCUT2D eigenvalue weighted by atomic mass is 9.97. The van der Waals surface area contributed by atoms with E-state index < -0.39 is 21.7 Å². The largest absolute Gasteiger partial charge is 0.345 e. The Labute approximate surface area is 155 Å². The molecule has 1 aromatic heterocycles. The van der Waals surface area contributed by atoms with E-state index in [0.717, 1.165) is 25.0 Å². The number of hydrogen-bond donors (Lipinski definition) is 0. The van der Waals surface area contributed by atoms with Crippen molar-refractivity contribution in [2.24, 2.45) is 7.05 Å². The molecule has 1 saturated carbocycles. The van der Waals surface area contributed by atoms with Crippen molar-refractivity contribution in [1.82, 2.24) is 18.7 Å². The second-order valence-corrected chi connectivity index (χ2v) is 9.09. The highest BCUT2D eigenvalue weighted by molar-refractivity contribution is 7.89. The minimum atomic E-state index is -3.97. The molecule has 1 aromatic carbocycles. The van der Waals surface area contributed by atoms with Crippen LogP contribution in [0.25, 0.3) is 0 Å². The van der Waals surface area contributed by atoms with Gasteiger partial charge in [-0.15, -0.1) is 0 Å². The second kappa shape index (κ2) is 6.52. The molecular formula is C17H20F2N4O3S. The summed E-state index contributed by atoms with van der Waals surface area (Å²) in [6.07, 6.45) is 2.91. The van der Waals surface area contributed by atoms with Gasteiger partial charge in [0.2, 0.25) is 10.0 Å². The number of rotatable bonds is 4. The third-order valence-electron chi connectivity index (χ3n) is 5.19. The van der Waals surface area contributed by atoms with Crippen LogP contribution in [0.3, 0.4) is 0 Å². The summed E-state index contributed by atoms with van der Waals surface area (Å²) < 4.78 is 56.5. The van der Waals surface area contributed by atoms with E-state index in [0.29, 0.717) is 24.7 Å². The van der Waals surface area contributed by atoms with Crippen LogP contribution in [0.15, 0.2) is 27.9 Å². The Bertz CT molecular complexity index is 1010. The van der Waals surface area contributed by atoms with Crippen LogP contribution in [-0.4, -0.2) is 40.2 Å². The zero-order valence-corrected chi connectivity index (χ0v) is 15.6. The molecule has 0 unspecified atom stereocenters. The Kier molecular flexibility index (Phi) is 4.42. The highest BCUT2D eigenvalue weighted by atomic mass is 32.2. The van der Waals surface area contributed by atoms with Gasteiger partial charge >= 0.3 is 5.69 Å². The molecular weight excluding hydrogens is 378 g/mol. The highest BCUT2D eigenvalue weighted by Crippen LogP contribution is 2.38. The number of aromatic nitrogens is 3. The van der Waals surface area contributed by atoms with E-state index in [4.69, 9.17) is 0 Å². The fourth-order valence-corrected chi connectivity index (χ4v) is 5.15. The maximum absolute atomic E-state index is 13.4. The monoisotopic (exact) mass is 398 g/mol. The summed E-state index contributed by atoms with van der Waals surface area (Å²) in [4.78, 5) is 11.9. The van der Waals surface area contributed by atoms with Crippen molar-refractivity contribution in [3.63, 3.8) is 0 Å². The van der Waals surface area contributed by atoms with Crippen LogP contribution < -0.4 is 5.69 Å². The average Bonchev–Trinajstić information content (AvgIpc) is 3.40. The van der Waals surface area contributed by atoms with Gasteiger partial charge in [0.1, 0.15) is 17.5 Å². The van der Waals surface area contributed by atoms with Crippen molar-refractivity contribution in [3.05, 3.63) is 46.1 Å². The number of aryl methyl sites for hydroxylation is 1. The van der Waals surface area contributed by atoms with Crippen molar-refractivity contribution in [1.29, 1.82) is 0 Å². The summed E-state index contributed by atoms with van der Waals surface area (Å²) in [5, 5.41) is 4.36. The maximum Gasteiger partial charge on any atom is 0.345 e. The molecule has 2 aliphatic rings. The zero-order valence-electron chi connectivity index (χ0n) is 14.8. The van der Waals surface area contributed by atoms with E-state index in [1.165, 1.54) is 8.99 Å². The smallest absolute Gasteiger partial charge is 0.276 e. The van der Waals surface area contributed by atoms with Crippen LogP contribution in [-0.2, 0) is 17.1 Å². The molecule has 2 fully saturated rings. The highest BCUT2D eigenvalue weighted by Gasteiger charge is 2.36. The minimum absolute atomic E-state index is 0.0183. The van der Waals surface area contributed by atoms with Crippen LogP contribution in [0.5, 0.6) is 0 Å². The van der Waals surface area contributed by atoms with Gasteiger partial charge in [0.25, 0.3) is 0 Å². The first-order valence-corrected chi connectivity index (χ1v) is 10.3. The van der Waals surface area contributed by atoms with E-state index in [1.54, 1.807) is 11.6 Å². The molecule has 1 aliphatic carbocycles. The van der Waals surface area contributed by atoms with Gasteiger partial charge in [0.15, 0.2) is 0 Å². The zero-order chi connectivity index (χ0) is 19.3. The van der Waals surface area contributed by atoms with E-state index in [-0.39, 0.29) is 35.6 Å². The van der Waals surface area contributed by atoms with Crippen LogP contribution >= 0.6 is 0 Å². The number of halogens is 2. The Morgan fingerprint density at radius 3 is 2.19 bits per heavy atom. The molecule has 0 radical (unpaired) electrons. The average molecular weight is 398 g/mol. The third kappa shape index (κ3) is 3.31. The molecule has 146 valence electrons. The molecule has 2 aromatic rings. The predicted octanol–water partition coefficient (Wildman–Crippen LogP) is 1.76. The molecule has 0 bridgehead atoms. The van der Waals surface area contributed by atoms with Crippen molar-refractivity contribution < 1.29 is 17.2 Å². The standard InChI is InChI=1S/C17H20F2N4O3S/c1-21-17(24)23(14-2-3-14)16(20-21)11-4-6-22(7-5-11)27(25,26)15-9-12(18)8-13(19)10-15/h8-11,14H,2-7H2,1H3. The third-order valence-corrected chi connectivity index (χ3v) is 7.06. The summed E-state index contributed by atoms with van der Waals surface area (Å²) in [6.45, 7) is 0.418. The Morgan fingerprint density at radius 2 is 1.63 bits per heavy atom. The SMILES string of the molecule is Cn1nc(C2CCN(S(=O)(=O)c3cc(F)cc(F)c3)CC2)n(C2CC2)c1=O. The number of nitrogens with zero attached hydrogens (tertiary/aromatic N) is 4. The van der Waals surface area contributed by atoms with Gasteiger partial charge in [-0.1, -0.05) is 0 Å². The normalized spacial score (nSPS) is 19.5. The Balaban J connectivity index is 1.54. The van der Waals surface area contributed by atoms with Crippen molar-refractivity contribution >= 4 is 10.0 Å². The topological polar surface area (TPSA) is 77.2 Å². The number of piperidine rings is 1. The summed E-state index contributed by atoms with van der Waals surface area (Å²) in [7, 11) is -2.36.